The second kappa shape index (κ2) is 15.6. The first kappa shape index (κ1) is 2.62. The van der Waals surface area contributed by atoms with Gasteiger partial charge in [-0.25, -0.2) is 0 Å². The first-order valence-electron chi connectivity index (χ1n) is 5.33. The van der Waals surface area contributed by atoms with Gasteiger partial charge in [0.1, 0.15) is 0 Å². The summed E-state index contributed by atoms with van der Waals surface area (Å²) in [6.45, 7) is -6.05. The van der Waals surface area contributed by atoms with Crippen LogP contribution in [0.4, 0.5) is 0 Å². The van der Waals surface area contributed by atoms with Gasteiger partial charge in [0.2, 0.25) is 0 Å². The van der Waals surface area contributed by atoms with Crippen molar-refractivity contribution in [1.82, 2.24) is 0 Å². The molecular weight excluding hydrogens is 147 g/mol. The molecule has 0 saturated heterocycles. The second-order valence-corrected chi connectivity index (χ2v) is 0.539. The molecule has 0 aliphatic heterocycles. The molecule has 0 amide bonds. The van der Waals surface area contributed by atoms with E-state index >= 15 is 0 Å². The predicted octanol–water partition coefficient (Wildman–Crippen LogP) is 0.528. The van der Waals surface area contributed by atoms with Crippen LogP contribution in [0.1, 0.15) is 23.7 Å². The van der Waals surface area contributed by atoms with Crippen LogP contribution in [0.25, 0.3) is 0 Å². The van der Waals surface area contributed by atoms with Crippen LogP contribution in [0, 0.1) is 0 Å². The molecule has 0 aliphatic carbocycles. The van der Waals surface area contributed by atoms with Crippen molar-refractivity contribution < 1.29 is 11.0 Å². The maximum atomic E-state index is 7.11. The van der Waals surface area contributed by atoms with E-state index in [4.69, 9.17) is 22.4 Å². The molecule has 0 fully saturated rings. The molecule has 4 N–H and O–H groups in total. The zero-order valence-corrected chi connectivity index (χ0v) is 5.60. The Morgan fingerprint density at radius 2 is 1.25 bits per heavy atom. The minimum Gasteiger partial charge on any atom is -0.330 e. The van der Waals surface area contributed by atoms with E-state index in [2.05, 4.69) is 0 Å². The molecule has 0 heterocycles. The summed E-state index contributed by atoms with van der Waals surface area (Å²) in [6.07, 6.45) is -6.48. The molecule has 0 rings (SSSR count). The molecule has 0 aliphatic rings. The molecule has 0 saturated carbocycles. The Morgan fingerprint density at radius 3 is 1.38 bits per heavy atom. The zero-order chi connectivity index (χ0) is 12.0. The predicted molar refractivity (Wildman–Crippen MR) is 41.8 cm³/mol. The van der Waals surface area contributed by atoms with Gasteiger partial charge >= 0.3 is 0 Å². The van der Waals surface area contributed by atoms with Gasteiger partial charge in [0, 0.05) is 11.0 Å². The fourth-order valence-electron chi connectivity index (χ4n) is 0.0722. The van der Waals surface area contributed by atoms with Crippen molar-refractivity contribution in [1.29, 1.82) is 0 Å². The maximum absolute atomic E-state index is 7.11. The van der Waals surface area contributed by atoms with Crippen molar-refractivity contribution >= 4 is 24.8 Å². The third-order valence-electron chi connectivity index (χ3n) is 0.207. The molecule has 8 heavy (non-hydrogen) atoms. The van der Waals surface area contributed by atoms with Gasteiger partial charge in [-0.1, -0.05) is 0 Å². The highest BCUT2D eigenvalue weighted by molar-refractivity contribution is 5.85. The maximum Gasteiger partial charge on any atom is 0.0425 e. The molecule has 0 aromatic rings. The van der Waals surface area contributed by atoms with Crippen LogP contribution in [-0.2, 0) is 0 Å². The largest absolute Gasteiger partial charge is 0.330 e. The molecule has 0 radical (unpaired) electrons. The van der Waals surface area contributed by atoms with Crippen molar-refractivity contribution in [3.05, 3.63) is 0 Å². The summed E-state index contributed by atoms with van der Waals surface area (Å²) in [5.41, 5.74) is 9.58. The van der Waals surface area contributed by atoms with Gasteiger partial charge in [0.05, 0.1) is 0 Å². The van der Waals surface area contributed by atoms with Gasteiger partial charge in [0.25, 0.3) is 0 Å². The van der Waals surface area contributed by atoms with Gasteiger partial charge in [-0.3, -0.25) is 0 Å². The molecule has 54 valence electrons. The average Bonchev–Trinajstić information content (AvgIpc) is 1.81. The highest BCUT2D eigenvalue weighted by Gasteiger charge is 1.75. The molecule has 0 spiro atoms. The van der Waals surface area contributed by atoms with Crippen molar-refractivity contribution in [2.45, 2.75) is 12.7 Å². The summed E-state index contributed by atoms with van der Waals surface area (Å²) in [5, 5.41) is 0. The summed E-state index contributed by atoms with van der Waals surface area (Å²) in [7, 11) is 0. The van der Waals surface area contributed by atoms with E-state index < -0.39 is 25.7 Å². The molecule has 4 heteroatoms. The summed E-state index contributed by atoms with van der Waals surface area (Å²) in [6, 6.07) is 0. The van der Waals surface area contributed by atoms with Gasteiger partial charge < -0.3 is 11.5 Å². The van der Waals surface area contributed by atoms with Crippen LogP contribution in [0.15, 0.2) is 0 Å². The first-order chi connectivity index (χ1) is 5.75. The average molecular weight is 169 g/mol. The van der Waals surface area contributed by atoms with E-state index in [9.17, 15) is 0 Å². The molecule has 0 unspecified atom stereocenters. The minimum atomic E-state index is -3.24. The monoisotopic (exact) mass is 168 g/mol. The lowest BCUT2D eigenvalue weighted by Gasteiger charge is -1.87. The molecule has 0 aromatic carbocycles. The lowest BCUT2D eigenvalue weighted by Crippen LogP contribution is -2.03. The number of hydrogen-bond donors (Lipinski definition) is 2. The molecular formula is C4H14Cl2N2. The van der Waals surface area contributed by atoms with E-state index in [1.54, 1.807) is 0 Å². The second-order valence-electron chi connectivity index (χ2n) is 0.539. The molecule has 0 aromatic heterocycles. The van der Waals surface area contributed by atoms with Crippen molar-refractivity contribution in [3.8, 4) is 0 Å². The minimum absolute atomic E-state index is 0. The van der Waals surface area contributed by atoms with Crippen molar-refractivity contribution in [2.24, 2.45) is 11.5 Å². The van der Waals surface area contributed by atoms with Gasteiger partial charge in [-0.2, -0.15) is 0 Å². The zero-order valence-electron chi connectivity index (χ0n) is 12.0. The van der Waals surface area contributed by atoms with Gasteiger partial charge in [-0.15, -0.1) is 24.8 Å². The van der Waals surface area contributed by atoms with Crippen LogP contribution in [0.2, 0.25) is 0 Å². The quantitative estimate of drug-likeness (QED) is 0.647. The first-order valence-corrected chi connectivity index (χ1v) is 1.33. The number of nitrogens with two attached hydrogens (primary N) is 2. The van der Waals surface area contributed by atoms with E-state index in [1.165, 1.54) is 0 Å². The fraction of sp³-hybridized carbons (Fsp3) is 1.00. The van der Waals surface area contributed by atoms with E-state index in [1.807, 2.05) is 0 Å². The molecule has 0 bridgehead atoms. The Kier molecular flexibility index (Phi) is 5.13. The van der Waals surface area contributed by atoms with Crippen LogP contribution < -0.4 is 11.5 Å². The summed E-state index contributed by atoms with van der Waals surface area (Å²) in [4.78, 5) is 0. The molecule has 0 atom stereocenters. The summed E-state index contributed by atoms with van der Waals surface area (Å²) in [5.74, 6) is 0. The molecule has 2 nitrogen and oxygen atoms in total. The Hall–Kier alpha value is 0.500. The van der Waals surface area contributed by atoms with E-state index in [0.717, 1.165) is 0 Å². The Morgan fingerprint density at radius 1 is 1.00 bits per heavy atom. The topological polar surface area (TPSA) is 52.0 Å². The number of hydrogen-bond acceptors (Lipinski definition) is 2. The normalized spacial score (nSPS) is 28.8. The number of rotatable bonds is 3. The highest BCUT2D eigenvalue weighted by Crippen LogP contribution is 1.77. The Bertz CT molecular complexity index is 197. The number of halogens is 2. The van der Waals surface area contributed by atoms with Crippen LogP contribution >= 0.6 is 24.8 Å². The van der Waals surface area contributed by atoms with E-state index in [-0.39, 0.29) is 24.8 Å². The van der Waals surface area contributed by atoms with Crippen LogP contribution in [0.5, 0.6) is 0 Å². The van der Waals surface area contributed by atoms with Gasteiger partial charge in [-0.05, 0) is 25.7 Å². The third-order valence-corrected chi connectivity index (χ3v) is 0.207. The van der Waals surface area contributed by atoms with Crippen LogP contribution in [-0.4, -0.2) is 13.0 Å². The summed E-state index contributed by atoms with van der Waals surface area (Å²) < 4.78 is 55.9. The SMILES string of the molecule is Cl.Cl.[2H]C([2H])(N)C([2H])([2H])C([2H])([2H])C([2H])([2H])N. The van der Waals surface area contributed by atoms with Crippen LogP contribution in [0.3, 0.4) is 0 Å². The summed E-state index contributed by atoms with van der Waals surface area (Å²) >= 11 is 0. The third kappa shape index (κ3) is 16.1. The fourth-order valence-corrected chi connectivity index (χ4v) is 0.0722. The Balaban J connectivity index is -0.000000845. The standard InChI is InChI=1S/C4H12N2.2ClH/c5-3-1-2-4-6;;/h1-6H2;2*1H/i1D2,2D2,3D2,4D2;;. The van der Waals surface area contributed by atoms with Gasteiger partial charge in [0.15, 0.2) is 0 Å². The van der Waals surface area contributed by atoms with E-state index in [0.29, 0.717) is 0 Å². The lowest BCUT2D eigenvalue weighted by molar-refractivity contribution is 0.755. The van der Waals surface area contributed by atoms with Crippen molar-refractivity contribution in [2.75, 3.05) is 13.0 Å². The Labute approximate surface area is 74.1 Å². The van der Waals surface area contributed by atoms with Crippen molar-refractivity contribution in [3.63, 3.8) is 0 Å². The lowest BCUT2D eigenvalue weighted by atomic mass is 10.3. The highest BCUT2D eigenvalue weighted by atomic mass is 35.5. The smallest absolute Gasteiger partial charge is 0.0425 e.